The molecule has 1 aromatic carbocycles. The zero-order valence-corrected chi connectivity index (χ0v) is 23.7. The molecule has 1 unspecified atom stereocenters. The third-order valence-corrected chi connectivity index (χ3v) is 5.60. The average Bonchev–Trinajstić information content (AvgIpc) is 2.90. The number of nitrogens with one attached hydrogen (secondary N) is 5. The molecule has 13 heteroatoms. The lowest BCUT2D eigenvalue weighted by molar-refractivity contribution is -0.122. The number of amides is 3. The van der Waals surface area contributed by atoms with Gasteiger partial charge in [-0.1, -0.05) is 13.0 Å². The number of benzene rings is 1. The quantitative estimate of drug-likeness (QED) is 0.246. The van der Waals surface area contributed by atoms with Crippen LogP contribution in [0.5, 0.6) is 0 Å². The Balaban J connectivity index is 1.46. The molecular weight excluding hydrogens is 514 g/mol. The summed E-state index contributed by atoms with van der Waals surface area (Å²) in [6.45, 7) is 8.58. The molecule has 3 rings (SSSR count). The average molecular weight is 554 g/mol. The summed E-state index contributed by atoms with van der Waals surface area (Å²) in [6, 6.07) is 5.84. The van der Waals surface area contributed by atoms with E-state index in [2.05, 4.69) is 41.8 Å². The summed E-state index contributed by atoms with van der Waals surface area (Å²) < 4.78 is 5.24. The fraction of sp³-hybridized carbons (Fsp3) is 0.481. The minimum absolute atomic E-state index is 0.120. The molecule has 5 N–H and O–H groups in total. The van der Waals surface area contributed by atoms with E-state index < -0.39 is 18.0 Å². The molecule has 3 amide bonds. The molecular formula is C27H39N9O4. The van der Waals surface area contributed by atoms with Gasteiger partial charge < -0.3 is 36.2 Å². The van der Waals surface area contributed by atoms with Gasteiger partial charge in [-0.05, 0) is 45.7 Å². The smallest absolute Gasteiger partial charge is 0.410 e. The Hall–Kier alpha value is -4.42. The number of hydrogen-bond donors (Lipinski definition) is 5. The van der Waals surface area contributed by atoms with Crippen molar-refractivity contribution in [3.05, 3.63) is 42.0 Å². The standard InChI is InChI=1S/C27H39N9O4/c1-6-10-29-23-21(16-31-25(35-23)34-20-9-8-18-14-32-33-15-19(18)13-20)24(38)30-12-7-11-28-22(37)17-36(5)26(39)40-27(2,3)4/h8-9,13-16,25,29,34-35H,6-7,10-12,17H2,1-5H3,(H,28,37)(H,30,38). The van der Waals surface area contributed by atoms with Crippen molar-refractivity contribution in [2.75, 3.05) is 38.5 Å². The van der Waals surface area contributed by atoms with E-state index in [9.17, 15) is 14.4 Å². The topological polar surface area (TPSA) is 162 Å². The molecule has 40 heavy (non-hydrogen) atoms. The SMILES string of the molecule is CCCNC1=C(C(=O)NCCCNC(=O)CN(C)C(=O)OC(C)(C)C)C=NC(Nc2ccc3cnncc3c2)N1. The van der Waals surface area contributed by atoms with E-state index in [1.807, 2.05) is 25.1 Å². The predicted molar refractivity (Wildman–Crippen MR) is 153 cm³/mol. The second-order valence-electron chi connectivity index (χ2n) is 10.3. The number of rotatable bonds is 12. The zero-order valence-electron chi connectivity index (χ0n) is 23.7. The van der Waals surface area contributed by atoms with Gasteiger partial charge >= 0.3 is 6.09 Å². The molecule has 0 saturated heterocycles. The Morgan fingerprint density at radius 2 is 1.77 bits per heavy atom. The van der Waals surface area contributed by atoms with Gasteiger partial charge in [-0.3, -0.25) is 9.59 Å². The van der Waals surface area contributed by atoms with Crippen molar-refractivity contribution >= 4 is 40.6 Å². The Morgan fingerprint density at radius 3 is 2.50 bits per heavy atom. The van der Waals surface area contributed by atoms with E-state index in [4.69, 9.17) is 4.74 Å². The minimum Gasteiger partial charge on any atom is -0.444 e. The van der Waals surface area contributed by atoms with Crippen LogP contribution >= 0.6 is 0 Å². The van der Waals surface area contributed by atoms with Crippen molar-refractivity contribution in [2.45, 2.75) is 52.4 Å². The summed E-state index contributed by atoms with van der Waals surface area (Å²) in [5.41, 5.74) is 0.602. The van der Waals surface area contributed by atoms with Gasteiger partial charge in [-0.25, -0.2) is 9.79 Å². The first-order valence-electron chi connectivity index (χ1n) is 13.3. The van der Waals surface area contributed by atoms with Crippen LogP contribution in [0.1, 0.15) is 40.5 Å². The highest BCUT2D eigenvalue weighted by Gasteiger charge is 2.22. The lowest BCUT2D eigenvalue weighted by atomic mass is 10.2. The summed E-state index contributed by atoms with van der Waals surface area (Å²) in [4.78, 5) is 42.7. The molecule has 1 atom stereocenters. The van der Waals surface area contributed by atoms with Crippen LogP contribution < -0.4 is 26.6 Å². The number of fused-ring (bicyclic) bond motifs is 1. The first-order chi connectivity index (χ1) is 19.1. The maximum absolute atomic E-state index is 12.9. The van der Waals surface area contributed by atoms with Gasteiger partial charge in [-0.15, -0.1) is 0 Å². The van der Waals surface area contributed by atoms with Crippen LogP contribution in [0.15, 0.2) is 47.0 Å². The van der Waals surface area contributed by atoms with E-state index in [1.165, 1.54) is 11.9 Å². The molecule has 0 spiro atoms. The van der Waals surface area contributed by atoms with Crippen molar-refractivity contribution in [3.63, 3.8) is 0 Å². The molecule has 0 radical (unpaired) electrons. The molecule has 0 bridgehead atoms. The van der Waals surface area contributed by atoms with Gasteiger partial charge in [-0.2, -0.15) is 10.2 Å². The first kappa shape index (κ1) is 30.1. The molecule has 0 fully saturated rings. The lowest BCUT2D eigenvalue weighted by Crippen LogP contribution is -2.45. The normalized spacial score (nSPS) is 14.8. The summed E-state index contributed by atoms with van der Waals surface area (Å²) in [5.74, 6) is -0.0134. The Bertz CT molecular complexity index is 1260. The number of anilines is 1. The lowest BCUT2D eigenvalue weighted by Gasteiger charge is -2.26. The van der Waals surface area contributed by atoms with Crippen molar-refractivity contribution in [2.24, 2.45) is 4.99 Å². The summed E-state index contributed by atoms with van der Waals surface area (Å²) in [5, 5.41) is 25.2. The molecule has 216 valence electrons. The van der Waals surface area contributed by atoms with Crippen LogP contribution in [0.4, 0.5) is 10.5 Å². The molecule has 2 heterocycles. The third kappa shape index (κ3) is 9.40. The van der Waals surface area contributed by atoms with Crippen molar-refractivity contribution < 1.29 is 19.1 Å². The molecule has 0 saturated carbocycles. The summed E-state index contributed by atoms with van der Waals surface area (Å²) in [6.07, 6.45) is 5.30. The monoisotopic (exact) mass is 553 g/mol. The maximum atomic E-state index is 12.9. The van der Waals surface area contributed by atoms with E-state index in [-0.39, 0.29) is 18.4 Å². The molecule has 1 aromatic heterocycles. The van der Waals surface area contributed by atoms with Crippen LogP contribution in [-0.2, 0) is 14.3 Å². The highest BCUT2D eigenvalue weighted by atomic mass is 16.6. The van der Waals surface area contributed by atoms with Gasteiger partial charge in [0.1, 0.15) is 18.0 Å². The summed E-state index contributed by atoms with van der Waals surface area (Å²) in [7, 11) is 1.50. The van der Waals surface area contributed by atoms with Crippen molar-refractivity contribution in [3.8, 4) is 0 Å². The van der Waals surface area contributed by atoms with E-state index in [0.717, 1.165) is 22.9 Å². The van der Waals surface area contributed by atoms with Crippen LogP contribution in [-0.4, -0.2) is 84.3 Å². The molecule has 0 aliphatic carbocycles. The number of aliphatic imine (C=N–C) groups is 1. The second kappa shape index (κ2) is 14.1. The van der Waals surface area contributed by atoms with Crippen LogP contribution in [0.25, 0.3) is 10.8 Å². The van der Waals surface area contributed by atoms with Gasteiger partial charge in [0.25, 0.3) is 5.91 Å². The Kier molecular flexibility index (Phi) is 10.6. The predicted octanol–water partition coefficient (Wildman–Crippen LogP) is 1.70. The third-order valence-electron chi connectivity index (χ3n) is 5.60. The number of ether oxygens (including phenoxy) is 1. The van der Waals surface area contributed by atoms with Crippen LogP contribution in [0, 0.1) is 0 Å². The van der Waals surface area contributed by atoms with Crippen molar-refractivity contribution in [1.29, 1.82) is 0 Å². The van der Waals surface area contributed by atoms with Gasteiger partial charge in [0.05, 0.1) is 18.0 Å². The molecule has 13 nitrogen and oxygen atoms in total. The second-order valence-corrected chi connectivity index (χ2v) is 10.3. The van der Waals surface area contributed by atoms with Crippen LogP contribution in [0.3, 0.4) is 0 Å². The number of carbonyl (C=O) groups excluding carboxylic acids is 3. The number of likely N-dealkylation sites (N-methyl/N-ethyl adjacent to an activating group) is 1. The molecule has 2 aromatic rings. The van der Waals surface area contributed by atoms with Crippen LogP contribution in [0.2, 0.25) is 0 Å². The minimum atomic E-state index is -0.634. The maximum Gasteiger partial charge on any atom is 0.410 e. The molecule has 1 aliphatic rings. The fourth-order valence-corrected chi connectivity index (χ4v) is 3.64. The Morgan fingerprint density at radius 1 is 1.05 bits per heavy atom. The van der Waals surface area contributed by atoms with Crippen molar-refractivity contribution in [1.82, 2.24) is 36.4 Å². The van der Waals surface area contributed by atoms with Gasteiger partial charge in [0, 0.05) is 49.4 Å². The largest absolute Gasteiger partial charge is 0.444 e. The van der Waals surface area contributed by atoms with E-state index >= 15 is 0 Å². The van der Waals surface area contributed by atoms with Gasteiger partial charge in [0.15, 0.2) is 6.29 Å². The van der Waals surface area contributed by atoms with E-state index in [1.54, 1.807) is 39.4 Å². The first-order valence-corrected chi connectivity index (χ1v) is 13.3. The highest BCUT2D eigenvalue weighted by molar-refractivity contribution is 6.13. The van der Waals surface area contributed by atoms with E-state index in [0.29, 0.717) is 37.4 Å². The molecule has 1 aliphatic heterocycles. The fourth-order valence-electron chi connectivity index (χ4n) is 3.64. The number of carbonyl (C=O) groups is 3. The highest BCUT2D eigenvalue weighted by Crippen LogP contribution is 2.19. The van der Waals surface area contributed by atoms with Gasteiger partial charge in [0.2, 0.25) is 5.91 Å². The number of aromatic nitrogens is 2. The number of nitrogens with zero attached hydrogens (tertiary/aromatic N) is 4. The summed E-state index contributed by atoms with van der Waals surface area (Å²) >= 11 is 0. The Labute approximate surface area is 234 Å². The number of hydrogen-bond acceptors (Lipinski definition) is 10. The zero-order chi connectivity index (χ0) is 29.1.